The normalized spacial score (nSPS) is 12.2. The Morgan fingerprint density at radius 3 is 2.46 bits per heavy atom. The van der Waals surface area contributed by atoms with Gasteiger partial charge in [-0.1, -0.05) is 13.0 Å². The van der Waals surface area contributed by atoms with E-state index in [1.807, 2.05) is 6.92 Å². The highest BCUT2D eigenvalue weighted by atomic mass is 19.4. The summed E-state index contributed by atoms with van der Waals surface area (Å²) in [5, 5.41) is 7.06. The summed E-state index contributed by atoms with van der Waals surface area (Å²) < 4.78 is 39.5. The highest BCUT2D eigenvalue weighted by Crippen LogP contribution is 2.36. The van der Waals surface area contributed by atoms with Crippen molar-refractivity contribution in [3.8, 4) is 0 Å². The molecule has 0 fully saturated rings. The summed E-state index contributed by atoms with van der Waals surface area (Å²) >= 11 is 0. The predicted molar refractivity (Wildman–Crippen MR) is 86.8 cm³/mol. The van der Waals surface area contributed by atoms with Gasteiger partial charge in [0.25, 0.3) is 0 Å². The molecule has 8 heteroatoms. The average Bonchev–Trinajstić information content (AvgIpc) is 2.46. The molecule has 0 radical (unpaired) electrons. The fraction of sp³-hybridized carbons (Fsp3) is 0.375. The molecule has 1 atom stereocenters. The average molecular weight is 343 g/mol. The zero-order valence-electron chi connectivity index (χ0n) is 13.5. The van der Waals surface area contributed by atoms with Gasteiger partial charge in [-0.05, 0) is 31.0 Å². The molecule has 0 saturated heterocycles. The maximum Gasteiger partial charge on any atom is 0.418 e. The van der Waals surface area contributed by atoms with Crippen LogP contribution in [0.2, 0.25) is 0 Å². The van der Waals surface area contributed by atoms with Crippen molar-refractivity contribution in [3.63, 3.8) is 0 Å². The first-order valence-corrected chi connectivity index (χ1v) is 7.34. The summed E-state index contributed by atoms with van der Waals surface area (Å²) in [4.78, 5) is 22.9. The molecule has 0 spiro atoms. The van der Waals surface area contributed by atoms with Gasteiger partial charge in [0.15, 0.2) is 0 Å². The van der Waals surface area contributed by atoms with Gasteiger partial charge in [0.2, 0.25) is 5.91 Å². The molecule has 132 valence electrons. The van der Waals surface area contributed by atoms with E-state index in [9.17, 15) is 22.8 Å². The van der Waals surface area contributed by atoms with Crippen LogP contribution in [0.3, 0.4) is 0 Å². The number of hydrogen-bond acceptors (Lipinski definition) is 2. The van der Waals surface area contributed by atoms with Crippen molar-refractivity contribution in [2.45, 2.75) is 38.9 Å². The Morgan fingerprint density at radius 2 is 1.96 bits per heavy atom. The minimum absolute atomic E-state index is 0.00104. The van der Waals surface area contributed by atoms with E-state index in [-0.39, 0.29) is 17.4 Å². The van der Waals surface area contributed by atoms with Gasteiger partial charge in [0.05, 0.1) is 11.3 Å². The van der Waals surface area contributed by atoms with Crippen molar-refractivity contribution in [2.24, 2.45) is 0 Å². The third kappa shape index (κ3) is 5.94. The molecule has 0 unspecified atom stereocenters. The molecule has 0 heterocycles. The minimum atomic E-state index is -4.68. The highest BCUT2D eigenvalue weighted by molar-refractivity contribution is 5.92. The van der Waals surface area contributed by atoms with Crippen molar-refractivity contribution in [1.82, 2.24) is 5.32 Å². The molecule has 3 amide bonds. The van der Waals surface area contributed by atoms with Crippen LogP contribution in [0.15, 0.2) is 30.9 Å². The Morgan fingerprint density at radius 1 is 1.29 bits per heavy atom. The molecule has 3 N–H and O–H groups in total. The Kier molecular flexibility index (Phi) is 6.82. The van der Waals surface area contributed by atoms with E-state index in [1.54, 1.807) is 6.08 Å². The van der Waals surface area contributed by atoms with Gasteiger partial charge in [-0.3, -0.25) is 4.79 Å². The lowest BCUT2D eigenvalue weighted by Crippen LogP contribution is -2.37. The van der Waals surface area contributed by atoms with Crippen LogP contribution < -0.4 is 16.0 Å². The number of nitrogens with one attached hydrogen (secondary N) is 3. The lowest BCUT2D eigenvalue weighted by molar-refractivity contribution is -0.137. The SMILES string of the molecule is C=CC[C@@H](CC)NC(=O)Nc1ccc(NC(C)=O)cc1C(F)(F)F. The van der Waals surface area contributed by atoms with Crippen molar-refractivity contribution in [2.75, 3.05) is 10.6 Å². The fourth-order valence-corrected chi connectivity index (χ4v) is 2.04. The van der Waals surface area contributed by atoms with Crippen LogP contribution in [0.25, 0.3) is 0 Å². The first-order chi connectivity index (χ1) is 11.2. The quantitative estimate of drug-likeness (QED) is 0.680. The number of alkyl halides is 3. The number of halogens is 3. The Labute approximate surface area is 138 Å². The van der Waals surface area contributed by atoms with Crippen molar-refractivity contribution >= 4 is 23.3 Å². The van der Waals surface area contributed by atoms with E-state index < -0.39 is 23.7 Å². The van der Waals surface area contributed by atoms with Crippen LogP contribution in [0.1, 0.15) is 32.3 Å². The first kappa shape index (κ1) is 19.5. The zero-order valence-corrected chi connectivity index (χ0v) is 13.5. The second-order valence-corrected chi connectivity index (χ2v) is 5.17. The summed E-state index contributed by atoms with van der Waals surface area (Å²) in [6.07, 6.45) is -1.93. The van der Waals surface area contributed by atoms with E-state index in [0.29, 0.717) is 12.8 Å². The summed E-state index contributed by atoms with van der Waals surface area (Å²) in [6, 6.07) is 2.21. The first-order valence-electron chi connectivity index (χ1n) is 7.34. The molecule has 0 aromatic heterocycles. The van der Waals surface area contributed by atoms with E-state index in [1.165, 1.54) is 13.0 Å². The molecule has 0 aliphatic rings. The topological polar surface area (TPSA) is 70.2 Å². The van der Waals surface area contributed by atoms with Gasteiger partial charge in [0, 0.05) is 18.7 Å². The molecule has 5 nitrogen and oxygen atoms in total. The second-order valence-electron chi connectivity index (χ2n) is 5.17. The molecule has 0 saturated carbocycles. The molecule has 1 aromatic carbocycles. The summed E-state index contributed by atoms with van der Waals surface area (Å²) in [5.41, 5.74) is -1.43. The van der Waals surface area contributed by atoms with E-state index >= 15 is 0 Å². The van der Waals surface area contributed by atoms with Gasteiger partial charge < -0.3 is 16.0 Å². The number of rotatable bonds is 6. The molecule has 0 aliphatic carbocycles. The number of carbonyl (C=O) groups excluding carboxylic acids is 2. The molecule has 0 bridgehead atoms. The Bertz CT molecular complexity index is 615. The van der Waals surface area contributed by atoms with E-state index in [4.69, 9.17) is 0 Å². The number of amides is 3. The summed E-state index contributed by atoms with van der Waals surface area (Å²) in [7, 11) is 0. The Hall–Kier alpha value is -2.51. The number of benzene rings is 1. The van der Waals surface area contributed by atoms with Crippen LogP contribution >= 0.6 is 0 Å². The third-order valence-corrected chi connectivity index (χ3v) is 3.17. The molecule has 1 aromatic rings. The van der Waals surface area contributed by atoms with Crippen molar-refractivity contribution < 1.29 is 22.8 Å². The lowest BCUT2D eigenvalue weighted by Gasteiger charge is -2.18. The van der Waals surface area contributed by atoms with Gasteiger partial charge in [-0.2, -0.15) is 13.2 Å². The van der Waals surface area contributed by atoms with Crippen LogP contribution in [0.4, 0.5) is 29.3 Å². The number of urea groups is 1. The monoisotopic (exact) mass is 343 g/mol. The van der Waals surface area contributed by atoms with E-state index in [2.05, 4.69) is 22.5 Å². The molecule has 1 rings (SSSR count). The van der Waals surface area contributed by atoms with Crippen LogP contribution in [-0.2, 0) is 11.0 Å². The molecular weight excluding hydrogens is 323 g/mol. The van der Waals surface area contributed by atoms with E-state index in [0.717, 1.165) is 12.1 Å². The van der Waals surface area contributed by atoms with Crippen LogP contribution in [0, 0.1) is 0 Å². The standard InChI is InChI=1S/C16H20F3N3O2/c1-4-6-11(5-2)21-15(24)22-14-8-7-12(20-10(3)23)9-13(14)16(17,18)19/h4,7-9,11H,1,5-6H2,2-3H3,(H,20,23)(H2,21,22,24)/t11-/m1/s1. The van der Waals surface area contributed by atoms with Gasteiger partial charge in [-0.25, -0.2) is 4.79 Å². The van der Waals surface area contributed by atoms with Crippen LogP contribution in [0.5, 0.6) is 0 Å². The lowest BCUT2D eigenvalue weighted by atomic mass is 10.1. The number of carbonyl (C=O) groups is 2. The maximum absolute atomic E-state index is 13.2. The van der Waals surface area contributed by atoms with Crippen molar-refractivity contribution in [1.29, 1.82) is 0 Å². The molecule has 24 heavy (non-hydrogen) atoms. The largest absolute Gasteiger partial charge is 0.418 e. The highest BCUT2D eigenvalue weighted by Gasteiger charge is 2.34. The third-order valence-electron chi connectivity index (χ3n) is 3.17. The van der Waals surface area contributed by atoms with Gasteiger partial charge >= 0.3 is 12.2 Å². The predicted octanol–water partition coefficient (Wildman–Crippen LogP) is 4.14. The summed E-state index contributed by atoms with van der Waals surface area (Å²) in [5.74, 6) is -0.489. The second kappa shape index (κ2) is 8.37. The van der Waals surface area contributed by atoms with Gasteiger partial charge in [0.1, 0.15) is 0 Å². The minimum Gasteiger partial charge on any atom is -0.335 e. The zero-order chi connectivity index (χ0) is 18.3. The smallest absolute Gasteiger partial charge is 0.335 e. The van der Waals surface area contributed by atoms with Crippen molar-refractivity contribution in [3.05, 3.63) is 36.4 Å². The maximum atomic E-state index is 13.2. The number of hydrogen-bond donors (Lipinski definition) is 3. The number of anilines is 2. The fourth-order valence-electron chi connectivity index (χ4n) is 2.04. The van der Waals surface area contributed by atoms with Gasteiger partial charge in [-0.15, -0.1) is 6.58 Å². The molecule has 0 aliphatic heterocycles. The summed E-state index contributed by atoms with van der Waals surface area (Å²) in [6.45, 7) is 6.60. The Balaban J connectivity index is 2.99. The van der Waals surface area contributed by atoms with Crippen LogP contribution in [-0.4, -0.2) is 18.0 Å². The molecular formula is C16H20F3N3O2.